The van der Waals surface area contributed by atoms with Crippen LogP contribution in [0.4, 0.5) is 0 Å². The van der Waals surface area contributed by atoms with Crippen molar-refractivity contribution in [2.75, 3.05) is 53.5 Å². The van der Waals surface area contributed by atoms with E-state index in [-0.39, 0.29) is 23.8 Å². The van der Waals surface area contributed by atoms with E-state index in [0.29, 0.717) is 13.2 Å². The highest BCUT2D eigenvalue weighted by Crippen LogP contribution is 2.21. The van der Waals surface area contributed by atoms with Crippen molar-refractivity contribution in [2.45, 2.75) is 220 Å². The summed E-state index contributed by atoms with van der Waals surface area (Å²) in [7, 11) is 4.36. The van der Waals surface area contributed by atoms with E-state index in [2.05, 4.69) is 51.6 Å². The number of carbonyl (C=O) groups is 2. The largest absolute Gasteiger partial charge is 0.465 e. The first kappa shape index (κ1) is 50.9. The fraction of sp³-hybridized carbons (Fsp3) is 0.957. The molecule has 310 valence electrons. The highest BCUT2D eigenvalue weighted by Gasteiger charge is 2.20. The predicted octanol–water partition coefficient (Wildman–Crippen LogP) is 13.0. The van der Waals surface area contributed by atoms with Crippen molar-refractivity contribution in [2.24, 2.45) is 11.8 Å². The number of likely N-dealkylation sites (N-methyl/N-ethyl adjacent to an activating group) is 1. The lowest BCUT2D eigenvalue weighted by molar-refractivity contribution is -0.150. The fourth-order valence-corrected chi connectivity index (χ4v) is 7.20. The zero-order valence-electron chi connectivity index (χ0n) is 36.1. The number of rotatable bonds is 41. The second-order valence-electron chi connectivity index (χ2n) is 16.3. The molecule has 0 aromatic heterocycles. The lowest BCUT2D eigenvalue weighted by Crippen LogP contribution is -2.33. The van der Waals surface area contributed by atoms with Crippen LogP contribution in [-0.4, -0.2) is 75.2 Å². The summed E-state index contributed by atoms with van der Waals surface area (Å²) in [6.07, 6.45) is 35.7. The Kier molecular flexibility index (Phi) is 38.7. The van der Waals surface area contributed by atoms with Crippen molar-refractivity contribution in [3.63, 3.8) is 0 Å². The van der Waals surface area contributed by atoms with Gasteiger partial charge in [-0.1, -0.05) is 169 Å². The normalized spacial score (nSPS) is 12.8. The molecule has 0 fully saturated rings. The second-order valence-corrected chi connectivity index (χ2v) is 16.3. The Balaban J connectivity index is 4.00. The molecule has 0 aliphatic rings. The summed E-state index contributed by atoms with van der Waals surface area (Å²) in [6.45, 7) is 14.8. The standard InChI is InChI=1S/C46H92N2O4/c1-7-11-15-27-35-43(33-13-9-3)45(49)51-41-31-25-21-17-19-23-29-37-48(40-39-47(5)6)38-30-24-20-18-22-26-32-42-52-46(50)44(34-14-10-4)36-28-16-12-8-2/h43-44H,7-42H2,1-6H3. The molecular formula is C46H92N2O4. The molecule has 0 aliphatic carbocycles. The van der Waals surface area contributed by atoms with Crippen LogP contribution in [0.1, 0.15) is 220 Å². The Hall–Kier alpha value is -1.14. The van der Waals surface area contributed by atoms with E-state index in [1.807, 2.05) is 0 Å². The molecule has 2 atom stereocenters. The van der Waals surface area contributed by atoms with Gasteiger partial charge in [0.2, 0.25) is 0 Å². The third kappa shape index (κ3) is 33.4. The first-order valence-electron chi connectivity index (χ1n) is 23.1. The molecule has 0 spiro atoms. The summed E-state index contributed by atoms with van der Waals surface area (Å²) in [5.41, 5.74) is 0. The van der Waals surface area contributed by atoms with Crippen molar-refractivity contribution < 1.29 is 19.1 Å². The number of hydrogen-bond acceptors (Lipinski definition) is 6. The minimum absolute atomic E-state index is 0.0641. The van der Waals surface area contributed by atoms with Crippen molar-refractivity contribution in [3.8, 4) is 0 Å². The number of hydrogen-bond donors (Lipinski definition) is 0. The number of nitrogens with zero attached hydrogens (tertiary/aromatic N) is 2. The van der Waals surface area contributed by atoms with E-state index < -0.39 is 0 Å². The van der Waals surface area contributed by atoms with Gasteiger partial charge in [0.05, 0.1) is 25.0 Å². The third-order valence-electron chi connectivity index (χ3n) is 10.9. The maximum absolute atomic E-state index is 12.7. The van der Waals surface area contributed by atoms with E-state index in [4.69, 9.17) is 9.47 Å². The smallest absolute Gasteiger partial charge is 0.308 e. The van der Waals surface area contributed by atoms with Crippen LogP contribution in [0.2, 0.25) is 0 Å². The maximum atomic E-state index is 12.7. The summed E-state index contributed by atoms with van der Waals surface area (Å²) in [5.74, 6) is 0.365. The van der Waals surface area contributed by atoms with E-state index in [1.54, 1.807) is 0 Å². The Labute approximate surface area is 325 Å². The molecule has 0 rings (SSSR count). The summed E-state index contributed by atoms with van der Waals surface area (Å²) in [4.78, 5) is 30.3. The quantitative estimate of drug-likeness (QED) is 0.0460. The number of unbranched alkanes of at least 4 members (excludes halogenated alkanes) is 20. The first-order valence-corrected chi connectivity index (χ1v) is 23.1. The maximum Gasteiger partial charge on any atom is 0.308 e. The van der Waals surface area contributed by atoms with Gasteiger partial charge in [-0.05, 0) is 78.6 Å². The van der Waals surface area contributed by atoms with Crippen LogP contribution < -0.4 is 0 Å². The van der Waals surface area contributed by atoms with Crippen molar-refractivity contribution in [3.05, 3.63) is 0 Å². The van der Waals surface area contributed by atoms with Gasteiger partial charge < -0.3 is 19.3 Å². The Morgan fingerprint density at radius 3 is 1.08 bits per heavy atom. The van der Waals surface area contributed by atoms with Gasteiger partial charge in [0, 0.05) is 13.1 Å². The van der Waals surface area contributed by atoms with Crippen LogP contribution in [0, 0.1) is 11.8 Å². The molecule has 0 aromatic rings. The molecule has 0 heterocycles. The lowest BCUT2D eigenvalue weighted by Gasteiger charge is -2.24. The van der Waals surface area contributed by atoms with Gasteiger partial charge in [-0.3, -0.25) is 9.59 Å². The first-order chi connectivity index (χ1) is 25.4. The number of ether oxygens (including phenoxy) is 2. The van der Waals surface area contributed by atoms with E-state index >= 15 is 0 Å². The number of carbonyl (C=O) groups excluding carboxylic acids is 2. The van der Waals surface area contributed by atoms with Gasteiger partial charge in [0.25, 0.3) is 0 Å². The zero-order valence-corrected chi connectivity index (χ0v) is 36.1. The highest BCUT2D eigenvalue weighted by molar-refractivity contribution is 5.72. The fourth-order valence-electron chi connectivity index (χ4n) is 7.20. The minimum atomic E-state index is 0.0641. The molecule has 0 bridgehead atoms. The van der Waals surface area contributed by atoms with E-state index in [1.165, 1.54) is 135 Å². The Bertz CT molecular complexity index is 705. The van der Waals surface area contributed by atoms with Crippen molar-refractivity contribution in [1.82, 2.24) is 9.80 Å². The molecular weight excluding hydrogens is 645 g/mol. The summed E-state index contributed by atoms with van der Waals surface area (Å²) in [6, 6.07) is 0. The predicted molar refractivity (Wildman–Crippen MR) is 225 cm³/mol. The van der Waals surface area contributed by atoms with Crippen molar-refractivity contribution >= 4 is 11.9 Å². The van der Waals surface area contributed by atoms with Crippen LogP contribution in [0.5, 0.6) is 0 Å². The monoisotopic (exact) mass is 737 g/mol. The Morgan fingerprint density at radius 1 is 0.385 bits per heavy atom. The van der Waals surface area contributed by atoms with Gasteiger partial charge in [-0.25, -0.2) is 0 Å². The third-order valence-corrected chi connectivity index (χ3v) is 10.9. The SMILES string of the molecule is CCCCCCC(CCCC)C(=O)OCCCCCCCCCN(CCCCCCCCCOC(=O)C(CCCC)CCCCCC)CCN(C)C. The van der Waals surface area contributed by atoms with Gasteiger partial charge in [-0.15, -0.1) is 0 Å². The van der Waals surface area contributed by atoms with Crippen molar-refractivity contribution in [1.29, 1.82) is 0 Å². The molecule has 0 N–H and O–H groups in total. The summed E-state index contributed by atoms with van der Waals surface area (Å²) >= 11 is 0. The van der Waals surface area contributed by atoms with Crippen LogP contribution >= 0.6 is 0 Å². The molecule has 0 aromatic carbocycles. The topological polar surface area (TPSA) is 59.1 Å². The molecule has 2 unspecified atom stereocenters. The minimum Gasteiger partial charge on any atom is -0.465 e. The second kappa shape index (κ2) is 39.6. The van der Waals surface area contributed by atoms with Gasteiger partial charge in [0.15, 0.2) is 0 Å². The molecule has 0 aliphatic heterocycles. The van der Waals surface area contributed by atoms with Gasteiger partial charge in [0.1, 0.15) is 0 Å². The number of esters is 2. The molecule has 0 saturated carbocycles. The molecule has 0 saturated heterocycles. The average Bonchev–Trinajstić information content (AvgIpc) is 3.13. The van der Waals surface area contributed by atoms with Crippen LogP contribution in [-0.2, 0) is 19.1 Å². The molecule has 0 amide bonds. The van der Waals surface area contributed by atoms with E-state index in [0.717, 1.165) is 83.6 Å². The summed E-state index contributed by atoms with van der Waals surface area (Å²) < 4.78 is 11.4. The van der Waals surface area contributed by atoms with Crippen LogP contribution in [0.15, 0.2) is 0 Å². The van der Waals surface area contributed by atoms with Crippen LogP contribution in [0.25, 0.3) is 0 Å². The molecule has 0 radical (unpaired) electrons. The Morgan fingerprint density at radius 2 is 0.712 bits per heavy atom. The van der Waals surface area contributed by atoms with Gasteiger partial charge >= 0.3 is 11.9 Å². The average molecular weight is 737 g/mol. The highest BCUT2D eigenvalue weighted by atomic mass is 16.5. The van der Waals surface area contributed by atoms with Gasteiger partial charge in [-0.2, -0.15) is 0 Å². The summed E-state index contributed by atoms with van der Waals surface area (Å²) in [5, 5.41) is 0. The zero-order chi connectivity index (χ0) is 38.3. The lowest BCUT2D eigenvalue weighted by atomic mass is 9.95. The van der Waals surface area contributed by atoms with E-state index in [9.17, 15) is 9.59 Å². The molecule has 52 heavy (non-hydrogen) atoms. The molecule has 6 nitrogen and oxygen atoms in total. The van der Waals surface area contributed by atoms with Crippen LogP contribution in [0.3, 0.4) is 0 Å². The molecule has 6 heteroatoms.